The maximum Gasteiger partial charge on any atom is 0.344 e. The highest BCUT2D eigenvalue weighted by Crippen LogP contribution is 2.45. The molecule has 26 heavy (non-hydrogen) atoms. The second-order valence-corrected chi connectivity index (χ2v) is 7.08. The van der Waals surface area contributed by atoms with Gasteiger partial charge in [0.05, 0.1) is 17.3 Å². The predicted octanol–water partition coefficient (Wildman–Crippen LogP) is 2.19. The van der Waals surface area contributed by atoms with E-state index in [1.54, 1.807) is 0 Å². The summed E-state index contributed by atoms with van der Waals surface area (Å²) in [6.45, 7) is 0. The van der Waals surface area contributed by atoms with Crippen LogP contribution in [0.3, 0.4) is 0 Å². The number of rotatable bonds is 2. The number of carbonyl (C=O) groups excluding carboxylic acids is 1. The van der Waals surface area contributed by atoms with Crippen LogP contribution in [0.1, 0.15) is 42.5 Å². The van der Waals surface area contributed by atoms with E-state index in [-0.39, 0.29) is 22.1 Å². The van der Waals surface area contributed by atoms with Crippen molar-refractivity contribution in [2.75, 3.05) is 12.0 Å². The minimum atomic E-state index is -1.00. The number of halogens is 2. The van der Waals surface area contributed by atoms with E-state index in [4.69, 9.17) is 11.5 Å². The van der Waals surface area contributed by atoms with E-state index in [2.05, 4.69) is 30.7 Å². The van der Waals surface area contributed by atoms with Crippen molar-refractivity contribution in [2.45, 2.75) is 37.8 Å². The molecule has 1 aliphatic heterocycles. The average molecular weight is 428 g/mol. The maximum atomic E-state index is 14.4. The van der Waals surface area contributed by atoms with Crippen molar-refractivity contribution in [1.82, 2.24) is 0 Å². The van der Waals surface area contributed by atoms with Crippen molar-refractivity contribution in [3.05, 3.63) is 21.9 Å². The molecule has 1 aliphatic carbocycles. The first-order chi connectivity index (χ1) is 12.3. The number of nitrogens with zero attached hydrogens (tertiary/aromatic N) is 3. The van der Waals surface area contributed by atoms with Gasteiger partial charge in [0.25, 0.3) is 0 Å². The highest BCUT2D eigenvalue weighted by molar-refractivity contribution is 9.10. The molecular weight excluding hydrogens is 409 g/mol. The number of anilines is 1. The molecule has 2 aliphatic rings. The average Bonchev–Trinajstić information content (AvgIpc) is 2.59. The number of hydrogen-bond donors (Lipinski definition) is 3. The van der Waals surface area contributed by atoms with Crippen molar-refractivity contribution in [3.63, 3.8) is 0 Å². The second-order valence-electron chi connectivity index (χ2n) is 6.23. The molecule has 1 heterocycles. The van der Waals surface area contributed by atoms with Gasteiger partial charge in [-0.2, -0.15) is 4.99 Å². The smallest absolute Gasteiger partial charge is 0.344 e. The maximum absolute atomic E-state index is 14.4. The summed E-state index contributed by atoms with van der Waals surface area (Å²) in [4.78, 5) is 22.0. The summed E-state index contributed by atoms with van der Waals surface area (Å²) >= 11 is 3.08. The minimum absolute atomic E-state index is 0.0176. The quantitative estimate of drug-likeness (QED) is 0.620. The molecule has 0 bridgehead atoms. The Morgan fingerprint density at radius 3 is 2.65 bits per heavy atom. The Labute approximate surface area is 157 Å². The molecule has 1 fully saturated rings. The number of phenolic OH excluding ortho intramolecular Hbond substituents is 1. The molecule has 5 N–H and O–H groups in total. The van der Waals surface area contributed by atoms with Gasteiger partial charge in [-0.3, -0.25) is 4.90 Å². The Balaban J connectivity index is 2.22. The Bertz CT molecular complexity index is 821. The van der Waals surface area contributed by atoms with Crippen LogP contribution in [0.15, 0.2) is 20.5 Å². The van der Waals surface area contributed by atoms with Crippen LogP contribution in [0.25, 0.3) is 0 Å². The van der Waals surface area contributed by atoms with Crippen molar-refractivity contribution >= 4 is 39.5 Å². The molecule has 8 nitrogen and oxygen atoms in total. The molecule has 3 rings (SSSR count). The second kappa shape index (κ2) is 6.75. The zero-order chi connectivity index (χ0) is 19.1. The van der Waals surface area contributed by atoms with Gasteiger partial charge in [0.2, 0.25) is 11.9 Å². The van der Waals surface area contributed by atoms with E-state index in [0.29, 0.717) is 12.8 Å². The number of esters is 1. The number of ether oxygens (including phenoxy) is 1. The Hall–Kier alpha value is -2.36. The van der Waals surface area contributed by atoms with Crippen molar-refractivity contribution in [2.24, 2.45) is 21.5 Å². The van der Waals surface area contributed by atoms with Gasteiger partial charge < -0.3 is 21.3 Å². The van der Waals surface area contributed by atoms with Crippen molar-refractivity contribution < 1.29 is 19.0 Å². The van der Waals surface area contributed by atoms with Crippen LogP contribution < -0.4 is 16.4 Å². The van der Waals surface area contributed by atoms with E-state index in [9.17, 15) is 14.3 Å². The number of nitrogens with two attached hydrogens (primary N) is 2. The summed E-state index contributed by atoms with van der Waals surface area (Å²) in [5, 5.41) is 10.7. The van der Waals surface area contributed by atoms with Crippen LogP contribution >= 0.6 is 15.9 Å². The topological polar surface area (TPSA) is 127 Å². The number of carbonyl (C=O) groups is 1. The molecule has 1 saturated carbocycles. The Morgan fingerprint density at radius 2 is 2.04 bits per heavy atom. The molecule has 1 spiro atoms. The summed E-state index contributed by atoms with van der Waals surface area (Å²) in [6, 6.07) is 1.34. The lowest BCUT2D eigenvalue weighted by Crippen LogP contribution is -2.58. The van der Waals surface area contributed by atoms with Crippen LogP contribution in [-0.2, 0) is 4.74 Å². The largest absolute Gasteiger partial charge is 0.505 e. The highest BCUT2D eigenvalue weighted by atomic mass is 79.9. The number of aliphatic imine (C=N–C) groups is 2. The monoisotopic (exact) mass is 427 g/mol. The summed E-state index contributed by atoms with van der Waals surface area (Å²) in [6.07, 6.45) is 4.06. The van der Waals surface area contributed by atoms with E-state index >= 15 is 0 Å². The lowest BCUT2D eigenvalue weighted by molar-refractivity contribution is 0.0591. The number of methoxy groups -OCH3 is 1. The van der Waals surface area contributed by atoms with E-state index in [0.717, 1.165) is 26.4 Å². The zero-order valence-corrected chi connectivity index (χ0v) is 15.7. The van der Waals surface area contributed by atoms with Crippen LogP contribution in [-0.4, -0.2) is 35.8 Å². The Morgan fingerprint density at radius 1 is 1.38 bits per heavy atom. The SMILES string of the molecule is COC(=O)c1c(O)c(N2C(N)=NC(N)=NC23CCCCC3)cc(Br)c1F. The molecule has 140 valence electrons. The molecule has 10 heteroatoms. The van der Waals surface area contributed by atoms with Gasteiger partial charge >= 0.3 is 5.97 Å². The number of aromatic hydroxyl groups is 1. The molecular formula is C16H19BrFN5O3. The molecule has 1 aromatic rings. The van der Waals surface area contributed by atoms with Crippen molar-refractivity contribution in [1.29, 1.82) is 0 Å². The lowest BCUT2D eigenvalue weighted by atomic mass is 9.87. The molecule has 0 aromatic heterocycles. The molecule has 0 amide bonds. The first kappa shape index (κ1) is 18.4. The third-order valence-corrected chi connectivity index (χ3v) is 5.23. The van der Waals surface area contributed by atoms with Crippen LogP contribution in [0.2, 0.25) is 0 Å². The third kappa shape index (κ3) is 2.87. The van der Waals surface area contributed by atoms with E-state index < -0.39 is 28.8 Å². The number of benzene rings is 1. The lowest BCUT2D eigenvalue weighted by Gasteiger charge is -2.45. The fraction of sp³-hybridized carbons (Fsp3) is 0.438. The third-order valence-electron chi connectivity index (χ3n) is 4.65. The predicted molar refractivity (Wildman–Crippen MR) is 98.6 cm³/mol. The van der Waals surface area contributed by atoms with E-state index in [1.807, 2.05) is 0 Å². The fourth-order valence-corrected chi connectivity index (χ4v) is 3.95. The van der Waals surface area contributed by atoms with Crippen LogP contribution in [0, 0.1) is 5.82 Å². The van der Waals surface area contributed by atoms with Gasteiger partial charge in [0.15, 0.2) is 11.6 Å². The first-order valence-electron chi connectivity index (χ1n) is 8.10. The van der Waals surface area contributed by atoms with Gasteiger partial charge in [0.1, 0.15) is 11.2 Å². The molecule has 0 radical (unpaired) electrons. The summed E-state index contributed by atoms with van der Waals surface area (Å²) < 4.78 is 19.0. The molecule has 0 atom stereocenters. The van der Waals surface area contributed by atoms with E-state index in [1.165, 1.54) is 11.0 Å². The standard InChI is InChI=1S/C16H19BrFN5O3/c1-26-13(25)10-11(18)8(17)7-9(12(10)24)23-15(20)21-14(19)22-16(23)5-3-2-4-6-16/h7,24H,2-6H2,1H3,(H4,19,20,21,22). The molecule has 0 unspecified atom stereocenters. The fourth-order valence-electron chi connectivity index (χ4n) is 3.53. The summed E-state index contributed by atoms with van der Waals surface area (Å²) in [7, 11) is 1.10. The highest BCUT2D eigenvalue weighted by Gasteiger charge is 2.44. The number of phenols is 1. The van der Waals surface area contributed by atoms with Gasteiger partial charge in [0, 0.05) is 0 Å². The summed E-state index contributed by atoms with van der Waals surface area (Å²) in [5.41, 5.74) is 10.6. The van der Waals surface area contributed by atoms with Crippen molar-refractivity contribution in [3.8, 4) is 5.75 Å². The summed E-state index contributed by atoms with van der Waals surface area (Å²) in [5.74, 6) is -2.45. The molecule has 0 saturated heterocycles. The van der Waals surface area contributed by atoms with Gasteiger partial charge in [-0.1, -0.05) is 6.42 Å². The number of guanidine groups is 2. The van der Waals surface area contributed by atoms with Crippen LogP contribution in [0.4, 0.5) is 10.1 Å². The zero-order valence-electron chi connectivity index (χ0n) is 14.1. The van der Waals surface area contributed by atoms with Gasteiger partial charge in [-0.05, 0) is 47.7 Å². The van der Waals surface area contributed by atoms with Gasteiger partial charge in [-0.15, -0.1) is 0 Å². The number of hydrogen-bond acceptors (Lipinski definition) is 8. The Kier molecular flexibility index (Phi) is 4.78. The normalized spacial score (nSPS) is 19.1. The van der Waals surface area contributed by atoms with Gasteiger partial charge in [-0.25, -0.2) is 14.2 Å². The van der Waals surface area contributed by atoms with Crippen LogP contribution in [0.5, 0.6) is 5.75 Å². The first-order valence-corrected chi connectivity index (χ1v) is 8.89. The minimum Gasteiger partial charge on any atom is -0.505 e. The molecule has 1 aromatic carbocycles.